The summed E-state index contributed by atoms with van der Waals surface area (Å²) in [6, 6.07) is 8.18. The van der Waals surface area contributed by atoms with E-state index in [2.05, 4.69) is 39.7 Å². The summed E-state index contributed by atoms with van der Waals surface area (Å²) in [4.78, 5) is 9.88. The smallest absolute Gasteiger partial charge is 0.191 e. The van der Waals surface area contributed by atoms with Gasteiger partial charge in [-0.15, -0.1) is 35.3 Å². The first-order chi connectivity index (χ1) is 11.1. The number of nitrogens with zero attached hydrogens (tertiary/aromatic N) is 2. The van der Waals surface area contributed by atoms with E-state index in [0.717, 1.165) is 22.5 Å². The molecule has 0 saturated heterocycles. The topological polar surface area (TPSA) is 49.3 Å². The Kier molecular flexibility index (Phi) is 6.88. The van der Waals surface area contributed by atoms with Gasteiger partial charge in [0.1, 0.15) is 5.01 Å². The number of aliphatic imine (C=N–C) groups is 1. The van der Waals surface area contributed by atoms with Crippen molar-refractivity contribution in [2.45, 2.75) is 31.7 Å². The Hall–Kier alpha value is -0.860. The molecule has 0 unspecified atom stereocenters. The molecule has 0 atom stereocenters. The molecule has 2 N–H and O–H groups in total. The zero-order chi connectivity index (χ0) is 16.3. The van der Waals surface area contributed by atoms with E-state index in [4.69, 9.17) is 11.6 Å². The number of nitrogens with one attached hydrogen (secondary N) is 2. The lowest BCUT2D eigenvalue weighted by Gasteiger charge is -2.19. The monoisotopic (exact) mass is 476 g/mol. The van der Waals surface area contributed by atoms with Crippen LogP contribution in [0.2, 0.25) is 5.02 Å². The van der Waals surface area contributed by atoms with Crippen LogP contribution in [0.15, 0.2) is 35.5 Å². The van der Waals surface area contributed by atoms with E-state index in [1.165, 1.54) is 23.3 Å². The summed E-state index contributed by atoms with van der Waals surface area (Å²) < 4.78 is 0. The molecule has 24 heavy (non-hydrogen) atoms. The Bertz CT molecular complexity index is 712. The van der Waals surface area contributed by atoms with E-state index in [-0.39, 0.29) is 29.4 Å². The summed E-state index contributed by atoms with van der Waals surface area (Å²) in [7, 11) is 1.79. The number of hydrogen-bond donors (Lipinski definition) is 2. The van der Waals surface area contributed by atoms with Gasteiger partial charge >= 0.3 is 0 Å². The number of guanidine groups is 1. The van der Waals surface area contributed by atoms with Gasteiger partial charge in [0.25, 0.3) is 0 Å². The van der Waals surface area contributed by atoms with Crippen LogP contribution in [0.1, 0.15) is 28.3 Å². The fourth-order valence-electron chi connectivity index (χ4n) is 2.65. The van der Waals surface area contributed by atoms with Gasteiger partial charge in [0.05, 0.1) is 6.54 Å². The molecule has 130 valence electrons. The van der Waals surface area contributed by atoms with Crippen LogP contribution in [0, 0.1) is 6.92 Å². The zero-order valence-electron chi connectivity index (χ0n) is 13.8. The highest BCUT2D eigenvalue weighted by molar-refractivity contribution is 14.0. The minimum absolute atomic E-state index is 0. The molecule has 1 heterocycles. The van der Waals surface area contributed by atoms with Crippen molar-refractivity contribution >= 4 is 52.9 Å². The maximum absolute atomic E-state index is 6.13. The van der Waals surface area contributed by atoms with E-state index in [0.29, 0.717) is 6.54 Å². The third kappa shape index (κ3) is 4.83. The van der Waals surface area contributed by atoms with E-state index in [9.17, 15) is 0 Å². The molecule has 7 heteroatoms. The Balaban J connectivity index is 0.00000208. The van der Waals surface area contributed by atoms with Crippen molar-refractivity contribution in [3.8, 4) is 0 Å². The number of rotatable bonds is 5. The molecule has 3 rings (SSSR count). The van der Waals surface area contributed by atoms with E-state index in [1.807, 2.05) is 18.3 Å². The molecule has 1 fully saturated rings. The summed E-state index contributed by atoms with van der Waals surface area (Å²) in [6.07, 6.45) is 4.27. The van der Waals surface area contributed by atoms with Gasteiger partial charge < -0.3 is 10.6 Å². The highest BCUT2D eigenvalue weighted by Gasteiger charge is 2.44. The van der Waals surface area contributed by atoms with Gasteiger partial charge in [0, 0.05) is 35.1 Å². The highest BCUT2D eigenvalue weighted by atomic mass is 127. The second-order valence-corrected chi connectivity index (χ2v) is 7.69. The van der Waals surface area contributed by atoms with Crippen LogP contribution in [0.4, 0.5) is 0 Å². The van der Waals surface area contributed by atoms with Crippen LogP contribution in [-0.2, 0) is 12.0 Å². The van der Waals surface area contributed by atoms with E-state index >= 15 is 0 Å². The van der Waals surface area contributed by atoms with Gasteiger partial charge in [-0.2, -0.15) is 0 Å². The van der Waals surface area contributed by atoms with Gasteiger partial charge in [-0.3, -0.25) is 4.99 Å². The molecule has 1 aliphatic rings. The van der Waals surface area contributed by atoms with E-state index in [1.54, 1.807) is 18.4 Å². The summed E-state index contributed by atoms with van der Waals surface area (Å²) >= 11 is 7.83. The Morgan fingerprint density at radius 2 is 2.17 bits per heavy atom. The minimum Gasteiger partial charge on any atom is -0.356 e. The first kappa shape index (κ1) is 19.5. The number of aromatic nitrogens is 1. The van der Waals surface area contributed by atoms with Crippen LogP contribution < -0.4 is 10.6 Å². The third-order valence-electron chi connectivity index (χ3n) is 4.18. The lowest BCUT2D eigenvalue weighted by molar-refractivity contribution is 0.645. The fraction of sp³-hybridized carbons (Fsp3) is 0.412. The maximum atomic E-state index is 6.13. The van der Waals surface area contributed by atoms with Crippen LogP contribution in [-0.4, -0.2) is 24.5 Å². The number of benzene rings is 1. The molecule has 1 saturated carbocycles. The zero-order valence-corrected chi connectivity index (χ0v) is 17.7. The quantitative estimate of drug-likeness (QED) is 0.388. The SMILES string of the molecule is CN=C(NCc1ncc(C)s1)NCC1(c2cccc(Cl)c2)CC1.I. The lowest BCUT2D eigenvalue weighted by atomic mass is 9.96. The average molecular weight is 477 g/mol. The Labute approximate surface area is 169 Å². The molecular formula is C17H22ClIN4S. The predicted octanol–water partition coefficient (Wildman–Crippen LogP) is 4.12. The normalized spacial score (nSPS) is 15.5. The molecule has 4 nitrogen and oxygen atoms in total. The molecule has 1 aromatic heterocycles. The van der Waals surface area contributed by atoms with Crippen molar-refractivity contribution in [1.29, 1.82) is 0 Å². The molecule has 1 aliphatic carbocycles. The standard InChI is InChI=1S/C17H21ClN4S.HI/c1-12-9-20-15(23-12)10-21-16(19-2)22-11-17(6-7-17)13-4-3-5-14(18)8-13;/h3-5,8-9H,6-7,10-11H2,1-2H3,(H2,19,21,22);1H. The van der Waals surface area contributed by atoms with Gasteiger partial charge in [-0.05, 0) is 37.5 Å². The largest absolute Gasteiger partial charge is 0.356 e. The van der Waals surface area contributed by atoms with Crippen molar-refractivity contribution in [3.05, 3.63) is 50.9 Å². The number of hydrogen-bond acceptors (Lipinski definition) is 3. The molecule has 0 radical (unpaired) electrons. The van der Waals surface area contributed by atoms with Crippen molar-refractivity contribution in [2.24, 2.45) is 4.99 Å². The van der Waals surface area contributed by atoms with Crippen molar-refractivity contribution in [2.75, 3.05) is 13.6 Å². The fourth-order valence-corrected chi connectivity index (χ4v) is 3.57. The molecule has 0 amide bonds. The number of thiazole rings is 1. The van der Waals surface area contributed by atoms with Gasteiger partial charge in [0.2, 0.25) is 0 Å². The Morgan fingerprint density at radius 3 is 2.75 bits per heavy atom. The van der Waals surface area contributed by atoms with Crippen molar-refractivity contribution in [3.63, 3.8) is 0 Å². The van der Waals surface area contributed by atoms with Crippen molar-refractivity contribution < 1.29 is 0 Å². The van der Waals surface area contributed by atoms with E-state index < -0.39 is 0 Å². The van der Waals surface area contributed by atoms with Crippen molar-refractivity contribution in [1.82, 2.24) is 15.6 Å². The number of halogens is 2. The Morgan fingerprint density at radius 1 is 1.38 bits per heavy atom. The third-order valence-corrected chi connectivity index (χ3v) is 5.33. The predicted molar refractivity (Wildman–Crippen MR) is 113 cm³/mol. The van der Waals surface area contributed by atoms with Gasteiger partial charge in [0.15, 0.2) is 5.96 Å². The summed E-state index contributed by atoms with van der Waals surface area (Å²) in [6.45, 7) is 3.63. The van der Waals surface area contributed by atoms with Crippen LogP contribution in [0.5, 0.6) is 0 Å². The highest BCUT2D eigenvalue weighted by Crippen LogP contribution is 2.48. The first-order valence-electron chi connectivity index (χ1n) is 7.73. The molecule has 2 aromatic rings. The number of aryl methyl sites for hydroxylation is 1. The molecule has 0 spiro atoms. The maximum Gasteiger partial charge on any atom is 0.191 e. The summed E-state index contributed by atoms with van der Waals surface area (Å²) in [5, 5.41) is 8.63. The summed E-state index contributed by atoms with van der Waals surface area (Å²) in [5.74, 6) is 0.811. The molecular weight excluding hydrogens is 455 g/mol. The lowest BCUT2D eigenvalue weighted by Crippen LogP contribution is -2.40. The minimum atomic E-state index is 0. The average Bonchev–Trinajstić information content (AvgIpc) is 3.23. The van der Waals surface area contributed by atoms with Gasteiger partial charge in [-0.25, -0.2) is 4.98 Å². The first-order valence-corrected chi connectivity index (χ1v) is 8.93. The second-order valence-electron chi connectivity index (χ2n) is 5.93. The van der Waals surface area contributed by atoms with Gasteiger partial charge in [-0.1, -0.05) is 23.7 Å². The molecule has 0 bridgehead atoms. The van der Waals surface area contributed by atoms with Crippen LogP contribution in [0.3, 0.4) is 0 Å². The summed E-state index contributed by atoms with van der Waals surface area (Å²) in [5.41, 5.74) is 1.50. The molecule has 0 aliphatic heterocycles. The molecule has 1 aromatic carbocycles. The van der Waals surface area contributed by atoms with Crippen LogP contribution >= 0.6 is 46.9 Å². The second kappa shape index (κ2) is 8.49. The van der Waals surface area contributed by atoms with Crippen LogP contribution in [0.25, 0.3) is 0 Å².